The van der Waals surface area contributed by atoms with Gasteiger partial charge in [0.1, 0.15) is 6.04 Å². The molecule has 0 aliphatic heterocycles. The summed E-state index contributed by atoms with van der Waals surface area (Å²) in [5.74, 6) is -1.08. The highest BCUT2D eigenvalue weighted by Crippen LogP contribution is 2.13. The van der Waals surface area contributed by atoms with E-state index in [9.17, 15) is 14.7 Å². The second-order valence-electron chi connectivity index (χ2n) is 3.67. The van der Waals surface area contributed by atoms with Crippen LogP contribution in [-0.2, 0) is 9.59 Å². The Bertz CT molecular complexity index is 359. The smallest absolute Gasteiger partial charge is 0.327 e. The topological polar surface area (TPSA) is 83.6 Å². The first-order valence-corrected chi connectivity index (χ1v) is 7.44. The standard InChI is InChI=1S/C12H20N2O3S2/c1-3-5-14(11(15)9(13)7-18)10(12(16)17)8-19-6-4-2/h3-6,9-10,18H,7-8,13H2,1-2H3,(H,16,17)/b5-3?,6-4+/t9-,10-/m0/s1. The SMILES string of the molecule is CC=CN(C(=O)[C@@H](N)CS)[C@@H](CS/C=C/C)C(=O)O. The van der Waals surface area contributed by atoms with Gasteiger partial charge in [0.15, 0.2) is 0 Å². The largest absolute Gasteiger partial charge is 0.480 e. The number of carboxylic acids is 1. The number of aliphatic carboxylic acids is 1. The van der Waals surface area contributed by atoms with Crippen molar-refractivity contribution in [2.24, 2.45) is 5.73 Å². The molecule has 0 aliphatic rings. The predicted molar refractivity (Wildman–Crippen MR) is 82.2 cm³/mol. The van der Waals surface area contributed by atoms with Crippen molar-refractivity contribution in [2.45, 2.75) is 25.9 Å². The van der Waals surface area contributed by atoms with E-state index in [1.165, 1.54) is 22.9 Å². The monoisotopic (exact) mass is 304 g/mol. The Labute approximate surface area is 123 Å². The zero-order chi connectivity index (χ0) is 14.8. The number of amides is 1. The summed E-state index contributed by atoms with van der Waals surface area (Å²) in [4.78, 5) is 24.5. The van der Waals surface area contributed by atoms with E-state index in [1.807, 2.05) is 13.0 Å². The van der Waals surface area contributed by atoms with Crippen LogP contribution in [0.25, 0.3) is 0 Å². The van der Waals surface area contributed by atoms with Crippen molar-refractivity contribution in [1.82, 2.24) is 4.90 Å². The van der Waals surface area contributed by atoms with Gasteiger partial charge >= 0.3 is 5.97 Å². The number of nitrogens with two attached hydrogens (primary N) is 1. The molecule has 0 saturated carbocycles. The van der Waals surface area contributed by atoms with Crippen LogP contribution in [0.15, 0.2) is 23.8 Å². The summed E-state index contributed by atoms with van der Waals surface area (Å²) >= 11 is 5.29. The normalized spacial score (nSPS) is 14.7. The van der Waals surface area contributed by atoms with Gasteiger partial charge in [-0.3, -0.25) is 4.79 Å². The molecule has 3 N–H and O–H groups in total. The third-order valence-corrected chi connectivity index (χ3v) is 3.55. The van der Waals surface area contributed by atoms with Gasteiger partial charge in [-0.25, -0.2) is 4.79 Å². The summed E-state index contributed by atoms with van der Waals surface area (Å²) < 4.78 is 0. The van der Waals surface area contributed by atoms with Crippen molar-refractivity contribution in [1.29, 1.82) is 0 Å². The third kappa shape index (κ3) is 6.17. The molecule has 0 heterocycles. The summed E-state index contributed by atoms with van der Waals surface area (Å²) in [5, 5.41) is 11.0. The van der Waals surface area contributed by atoms with E-state index in [2.05, 4.69) is 12.6 Å². The first kappa shape index (κ1) is 18.1. The van der Waals surface area contributed by atoms with Gasteiger partial charge in [-0.1, -0.05) is 12.2 Å². The molecule has 7 heteroatoms. The first-order chi connectivity index (χ1) is 8.99. The van der Waals surface area contributed by atoms with E-state index in [4.69, 9.17) is 5.73 Å². The number of allylic oxidation sites excluding steroid dienone is 2. The van der Waals surface area contributed by atoms with Crippen LogP contribution in [0.4, 0.5) is 0 Å². The first-order valence-electron chi connectivity index (χ1n) is 5.76. The van der Waals surface area contributed by atoms with Gasteiger partial charge in [0.25, 0.3) is 0 Å². The Kier molecular flexibility index (Phi) is 9.46. The summed E-state index contributed by atoms with van der Waals surface area (Å²) in [5.41, 5.74) is 5.63. The minimum atomic E-state index is -1.06. The number of thiol groups is 1. The molecule has 5 nitrogen and oxygen atoms in total. The number of hydrogen-bond donors (Lipinski definition) is 3. The molecule has 0 fully saturated rings. The van der Waals surface area contributed by atoms with E-state index in [1.54, 1.807) is 18.4 Å². The van der Waals surface area contributed by atoms with E-state index in [0.29, 0.717) is 0 Å². The Hall–Kier alpha value is -0.920. The molecule has 0 radical (unpaired) electrons. The highest BCUT2D eigenvalue weighted by atomic mass is 32.2. The highest BCUT2D eigenvalue weighted by molar-refractivity contribution is 8.02. The fraction of sp³-hybridized carbons (Fsp3) is 0.500. The summed E-state index contributed by atoms with van der Waals surface area (Å²) in [6, 6.07) is -1.76. The maximum absolute atomic E-state index is 12.1. The van der Waals surface area contributed by atoms with Gasteiger partial charge < -0.3 is 15.7 Å². The summed E-state index contributed by atoms with van der Waals surface area (Å²) in [7, 11) is 0. The molecular formula is C12H20N2O3S2. The maximum atomic E-state index is 12.1. The molecule has 19 heavy (non-hydrogen) atoms. The van der Waals surface area contributed by atoms with Crippen LogP contribution in [0.3, 0.4) is 0 Å². The Morgan fingerprint density at radius 1 is 1.42 bits per heavy atom. The lowest BCUT2D eigenvalue weighted by molar-refractivity contribution is -0.147. The van der Waals surface area contributed by atoms with Gasteiger partial charge in [0.2, 0.25) is 5.91 Å². The zero-order valence-corrected chi connectivity index (χ0v) is 12.7. The summed E-state index contributed by atoms with van der Waals surface area (Å²) in [6.45, 7) is 3.55. The number of rotatable bonds is 8. The number of hydrogen-bond acceptors (Lipinski definition) is 5. The molecule has 1 amide bonds. The maximum Gasteiger partial charge on any atom is 0.327 e. The lowest BCUT2D eigenvalue weighted by Crippen LogP contribution is -2.50. The molecule has 0 unspecified atom stereocenters. The number of thioether (sulfide) groups is 1. The summed E-state index contributed by atoms with van der Waals surface area (Å²) in [6.07, 6.45) is 4.87. The van der Waals surface area contributed by atoms with Crippen molar-refractivity contribution in [2.75, 3.05) is 11.5 Å². The van der Waals surface area contributed by atoms with Crippen LogP contribution in [0.2, 0.25) is 0 Å². The van der Waals surface area contributed by atoms with Crippen LogP contribution >= 0.6 is 24.4 Å². The second-order valence-corrected chi connectivity index (χ2v) is 4.98. The van der Waals surface area contributed by atoms with Crippen molar-refractivity contribution in [3.63, 3.8) is 0 Å². The minimum absolute atomic E-state index is 0.168. The lowest BCUT2D eigenvalue weighted by atomic mass is 10.2. The van der Waals surface area contributed by atoms with E-state index in [-0.39, 0.29) is 11.5 Å². The van der Waals surface area contributed by atoms with Gasteiger partial charge in [-0.15, -0.1) is 11.8 Å². The van der Waals surface area contributed by atoms with E-state index in [0.717, 1.165) is 0 Å². The molecule has 0 aromatic rings. The van der Waals surface area contributed by atoms with Gasteiger partial charge in [-0.2, -0.15) is 12.6 Å². The van der Waals surface area contributed by atoms with Crippen molar-refractivity contribution < 1.29 is 14.7 Å². The molecule has 0 aromatic heterocycles. The van der Waals surface area contributed by atoms with Crippen molar-refractivity contribution in [3.8, 4) is 0 Å². The van der Waals surface area contributed by atoms with Crippen LogP contribution in [-0.4, -0.2) is 45.5 Å². The molecule has 0 saturated heterocycles. The molecule has 108 valence electrons. The van der Waals surface area contributed by atoms with Gasteiger partial charge in [0, 0.05) is 17.7 Å². The highest BCUT2D eigenvalue weighted by Gasteiger charge is 2.30. The van der Waals surface area contributed by atoms with Crippen LogP contribution in [0.1, 0.15) is 13.8 Å². The fourth-order valence-electron chi connectivity index (χ4n) is 1.27. The van der Waals surface area contributed by atoms with E-state index < -0.39 is 24.0 Å². The molecule has 0 rings (SSSR count). The Balaban J connectivity index is 5.06. The molecular weight excluding hydrogens is 284 g/mol. The van der Waals surface area contributed by atoms with Crippen LogP contribution in [0, 0.1) is 0 Å². The lowest BCUT2D eigenvalue weighted by Gasteiger charge is -2.27. The van der Waals surface area contributed by atoms with Crippen LogP contribution < -0.4 is 5.73 Å². The van der Waals surface area contributed by atoms with Crippen molar-refractivity contribution >= 4 is 36.3 Å². The zero-order valence-electron chi connectivity index (χ0n) is 11.0. The number of carbonyl (C=O) groups excluding carboxylic acids is 1. The average Bonchev–Trinajstić information content (AvgIpc) is 2.39. The minimum Gasteiger partial charge on any atom is -0.480 e. The molecule has 0 aliphatic carbocycles. The number of carbonyl (C=O) groups is 2. The Morgan fingerprint density at radius 2 is 2.05 bits per heavy atom. The predicted octanol–water partition coefficient (Wildman–Crippen LogP) is 1.33. The average molecular weight is 304 g/mol. The Morgan fingerprint density at radius 3 is 2.47 bits per heavy atom. The second kappa shape index (κ2) is 9.94. The van der Waals surface area contributed by atoms with Gasteiger partial charge in [0.05, 0.1) is 6.04 Å². The van der Waals surface area contributed by atoms with Crippen LogP contribution in [0.5, 0.6) is 0 Å². The molecule has 0 spiro atoms. The van der Waals surface area contributed by atoms with Crippen molar-refractivity contribution in [3.05, 3.63) is 23.8 Å². The molecule has 0 bridgehead atoms. The van der Waals surface area contributed by atoms with E-state index >= 15 is 0 Å². The third-order valence-electron chi connectivity index (χ3n) is 2.19. The number of carboxylic acid groups (broad SMARTS) is 1. The quantitative estimate of drug-likeness (QED) is 0.589. The van der Waals surface area contributed by atoms with Gasteiger partial charge in [-0.05, 0) is 19.3 Å². The fourth-order valence-corrected chi connectivity index (χ4v) is 2.22. The molecule has 2 atom stereocenters. The number of nitrogens with zero attached hydrogens (tertiary/aromatic N) is 1. The molecule has 0 aromatic carbocycles.